The molecule has 0 fully saturated rings. The van der Waals surface area contributed by atoms with Gasteiger partial charge in [-0.05, 0) is 12.8 Å². The van der Waals surface area contributed by atoms with Gasteiger partial charge in [0.15, 0.2) is 0 Å². The highest BCUT2D eigenvalue weighted by atomic mass is 35.5. The van der Waals surface area contributed by atoms with Crippen molar-refractivity contribution in [3.8, 4) is 0 Å². The van der Waals surface area contributed by atoms with Gasteiger partial charge in [-0.25, -0.2) is 4.98 Å². The first-order valence-corrected chi connectivity index (χ1v) is 4.86. The normalized spacial score (nSPS) is 22.0. The minimum Gasteiger partial charge on any atom is -0.253 e. The van der Waals surface area contributed by atoms with Crippen LogP contribution in [0.15, 0.2) is 18.0 Å². The first-order chi connectivity index (χ1) is 6.25. The van der Waals surface area contributed by atoms with E-state index in [1.54, 1.807) is 6.33 Å². The number of hydrogen-bond donors (Lipinski definition) is 0. The van der Waals surface area contributed by atoms with Crippen LogP contribution < -0.4 is 0 Å². The predicted octanol–water partition coefficient (Wildman–Crippen LogP) is 1.69. The number of aryl methyl sites for hydroxylation is 1. The fourth-order valence-electron chi connectivity index (χ4n) is 1.58. The lowest BCUT2D eigenvalue weighted by Gasteiger charge is -1.99. The van der Waals surface area contributed by atoms with Crippen molar-refractivity contribution >= 4 is 11.6 Å². The van der Waals surface area contributed by atoms with E-state index in [-0.39, 0.29) is 5.38 Å². The van der Waals surface area contributed by atoms with Crippen molar-refractivity contribution in [2.75, 3.05) is 0 Å². The molecule has 4 heteroatoms. The lowest BCUT2D eigenvalue weighted by Crippen LogP contribution is -2.00. The second-order valence-corrected chi connectivity index (χ2v) is 3.92. The molecule has 3 nitrogen and oxygen atoms in total. The average Bonchev–Trinajstić information content (AvgIpc) is 2.64. The summed E-state index contributed by atoms with van der Waals surface area (Å²) in [6, 6.07) is 0. The van der Waals surface area contributed by atoms with Gasteiger partial charge in [0.05, 0.1) is 5.38 Å². The number of nitrogens with zero attached hydrogens (tertiary/aromatic N) is 3. The summed E-state index contributed by atoms with van der Waals surface area (Å²) in [5.41, 5.74) is 1.39. The molecule has 1 unspecified atom stereocenters. The minimum atomic E-state index is 0.225. The van der Waals surface area contributed by atoms with Crippen LogP contribution >= 0.6 is 11.6 Å². The van der Waals surface area contributed by atoms with Gasteiger partial charge in [-0.1, -0.05) is 11.6 Å². The number of rotatable bonds is 2. The van der Waals surface area contributed by atoms with Crippen LogP contribution in [0.3, 0.4) is 0 Å². The molecule has 0 saturated carbocycles. The van der Waals surface area contributed by atoms with Crippen LogP contribution in [-0.2, 0) is 13.5 Å². The molecule has 0 amide bonds. The molecule has 0 N–H and O–H groups in total. The van der Waals surface area contributed by atoms with Crippen molar-refractivity contribution in [2.24, 2.45) is 7.05 Å². The monoisotopic (exact) mass is 197 g/mol. The molecule has 1 aromatic rings. The summed E-state index contributed by atoms with van der Waals surface area (Å²) in [6.07, 6.45) is 6.77. The molecule has 70 valence electrons. The highest BCUT2D eigenvalue weighted by Gasteiger charge is 2.14. The van der Waals surface area contributed by atoms with Gasteiger partial charge in [-0.2, -0.15) is 5.10 Å². The van der Waals surface area contributed by atoms with E-state index in [0.717, 1.165) is 25.1 Å². The largest absolute Gasteiger partial charge is 0.253 e. The van der Waals surface area contributed by atoms with Crippen molar-refractivity contribution in [1.29, 1.82) is 0 Å². The summed E-state index contributed by atoms with van der Waals surface area (Å²) in [7, 11) is 1.91. The topological polar surface area (TPSA) is 30.7 Å². The van der Waals surface area contributed by atoms with Crippen molar-refractivity contribution in [1.82, 2.24) is 14.8 Å². The van der Waals surface area contributed by atoms with Gasteiger partial charge in [0.1, 0.15) is 12.2 Å². The molecule has 1 atom stereocenters. The summed E-state index contributed by atoms with van der Waals surface area (Å²) in [4.78, 5) is 4.17. The maximum Gasteiger partial charge on any atom is 0.138 e. The van der Waals surface area contributed by atoms with Gasteiger partial charge < -0.3 is 0 Å². The Balaban J connectivity index is 2.07. The second-order valence-electron chi connectivity index (χ2n) is 3.36. The van der Waals surface area contributed by atoms with Crippen LogP contribution in [0.5, 0.6) is 0 Å². The van der Waals surface area contributed by atoms with Gasteiger partial charge >= 0.3 is 0 Å². The van der Waals surface area contributed by atoms with E-state index < -0.39 is 0 Å². The van der Waals surface area contributed by atoms with Gasteiger partial charge in [0.25, 0.3) is 0 Å². The van der Waals surface area contributed by atoms with E-state index in [9.17, 15) is 0 Å². The molecule has 0 spiro atoms. The van der Waals surface area contributed by atoms with E-state index in [4.69, 9.17) is 11.6 Å². The number of hydrogen-bond acceptors (Lipinski definition) is 2. The average molecular weight is 198 g/mol. The van der Waals surface area contributed by atoms with Crippen LogP contribution in [0.4, 0.5) is 0 Å². The summed E-state index contributed by atoms with van der Waals surface area (Å²) >= 11 is 5.97. The first kappa shape index (κ1) is 8.75. The Morgan fingerprint density at radius 3 is 3.08 bits per heavy atom. The third-order valence-corrected chi connectivity index (χ3v) is 2.69. The minimum absolute atomic E-state index is 0.225. The molecule has 13 heavy (non-hydrogen) atoms. The van der Waals surface area contributed by atoms with Crippen molar-refractivity contribution in [3.05, 3.63) is 23.8 Å². The van der Waals surface area contributed by atoms with Crippen molar-refractivity contribution in [2.45, 2.75) is 24.6 Å². The van der Waals surface area contributed by atoms with Crippen LogP contribution in [0, 0.1) is 0 Å². The summed E-state index contributed by atoms with van der Waals surface area (Å²) in [5, 5.41) is 4.25. The molecule has 1 aromatic heterocycles. The van der Waals surface area contributed by atoms with Gasteiger partial charge in [0, 0.05) is 13.5 Å². The number of aromatic nitrogens is 3. The van der Waals surface area contributed by atoms with E-state index in [1.165, 1.54) is 5.57 Å². The third kappa shape index (κ3) is 1.91. The summed E-state index contributed by atoms with van der Waals surface area (Å²) in [6.45, 7) is 0. The maximum absolute atomic E-state index is 5.97. The lowest BCUT2D eigenvalue weighted by molar-refractivity contribution is 0.708. The van der Waals surface area contributed by atoms with Crippen LogP contribution in [0.2, 0.25) is 0 Å². The lowest BCUT2D eigenvalue weighted by atomic mass is 10.1. The predicted molar refractivity (Wildman–Crippen MR) is 51.7 cm³/mol. The fraction of sp³-hybridized carbons (Fsp3) is 0.556. The summed E-state index contributed by atoms with van der Waals surface area (Å²) in [5.74, 6) is 1.01. The Hall–Kier alpha value is -0.830. The Labute approximate surface area is 82.4 Å². The molecule has 1 aliphatic carbocycles. The molecule has 0 aromatic carbocycles. The molecule has 1 heterocycles. The van der Waals surface area contributed by atoms with Gasteiger partial charge in [-0.15, -0.1) is 11.6 Å². The Morgan fingerprint density at radius 2 is 2.54 bits per heavy atom. The van der Waals surface area contributed by atoms with Crippen molar-refractivity contribution < 1.29 is 0 Å². The zero-order valence-electron chi connectivity index (χ0n) is 7.57. The SMILES string of the molecule is Cn1ncnc1CC1=CC(Cl)CC1. The third-order valence-electron chi connectivity index (χ3n) is 2.35. The van der Waals surface area contributed by atoms with Crippen LogP contribution in [-0.4, -0.2) is 20.1 Å². The van der Waals surface area contributed by atoms with Crippen molar-refractivity contribution in [3.63, 3.8) is 0 Å². The molecular formula is C9H12ClN3. The molecule has 0 bridgehead atoms. The molecule has 2 rings (SSSR count). The number of alkyl halides is 1. The van der Waals surface area contributed by atoms with Gasteiger partial charge in [0.2, 0.25) is 0 Å². The number of halogens is 1. The molecule has 0 aliphatic heterocycles. The second kappa shape index (κ2) is 3.50. The Kier molecular flexibility index (Phi) is 2.36. The Bertz CT molecular complexity index is 329. The van der Waals surface area contributed by atoms with Crippen LogP contribution in [0.1, 0.15) is 18.7 Å². The smallest absolute Gasteiger partial charge is 0.138 e. The highest BCUT2D eigenvalue weighted by Crippen LogP contribution is 2.24. The Morgan fingerprint density at radius 1 is 1.69 bits per heavy atom. The molecule has 1 aliphatic rings. The van der Waals surface area contributed by atoms with E-state index in [1.807, 2.05) is 11.7 Å². The number of allylic oxidation sites excluding steroid dienone is 2. The maximum atomic E-state index is 5.97. The van der Waals surface area contributed by atoms with E-state index >= 15 is 0 Å². The summed E-state index contributed by atoms with van der Waals surface area (Å²) < 4.78 is 1.81. The van der Waals surface area contributed by atoms with Gasteiger partial charge in [-0.3, -0.25) is 4.68 Å². The van der Waals surface area contributed by atoms with Crippen LogP contribution in [0.25, 0.3) is 0 Å². The zero-order valence-corrected chi connectivity index (χ0v) is 8.33. The highest BCUT2D eigenvalue weighted by molar-refractivity contribution is 6.22. The molecule has 0 saturated heterocycles. The van der Waals surface area contributed by atoms with E-state index in [0.29, 0.717) is 0 Å². The first-order valence-electron chi connectivity index (χ1n) is 4.42. The standard InChI is InChI=1S/C9H12ClN3/c1-13-9(11-6-12-13)5-7-2-3-8(10)4-7/h4,6,8H,2-3,5H2,1H3. The molecular weight excluding hydrogens is 186 g/mol. The quantitative estimate of drug-likeness (QED) is 0.534. The zero-order chi connectivity index (χ0) is 9.26. The fourth-order valence-corrected chi connectivity index (χ4v) is 1.86. The van der Waals surface area contributed by atoms with E-state index in [2.05, 4.69) is 16.2 Å². The molecule has 0 radical (unpaired) electrons.